The third-order valence-electron chi connectivity index (χ3n) is 6.33. The van der Waals surface area contributed by atoms with Crippen LogP contribution in [0.2, 0.25) is 5.02 Å². The highest BCUT2D eigenvalue weighted by atomic mass is 35.5. The second-order valence-corrected chi connectivity index (χ2v) is 11.7. The number of carbonyl (C=O) groups excluding carboxylic acids is 2. The summed E-state index contributed by atoms with van der Waals surface area (Å²) in [4.78, 5) is 28.6. The Morgan fingerprint density at radius 2 is 1.67 bits per heavy atom. The van der Waals surface area contributed by atoms with E-state index in [1.807, 2.05) is 0 Å². The van der Waals surface area contributed by atoms with Crippen molar-refractivity contribution in [3.05, 3.63) is 94.5 Å². The first kappa shape index (κ1) is 32.7. The van der Waals surface area contributed by atoms with Crippen LogP contribution in [0.3, 0.4) is 0 Å². The Hall–Kier alpha value is -3.77. The van der Waals surface area contributed by atoms with E-state index in [4.69, 9.17) is 16.3 Å². The Kier molecular flexibility index (Phi) is 10.9. The highest BCUT2D eigenvalue weighted by Crippen LogP contribution is 2.37. The Balaban J connectivity index is 2.10. The second-order valence-electron chi connectivity index (χ2n) is 9.40. The molecule has 8 nitrogen and oxygen atoms in total. The van der Waals surface area contributed by atoms with Crippen molar-refractivity contribution in [1.29, 1.82) is 0 Å². The molecule has 1 atom stereocenters. The van der Waals surface area contributed by atoms with Gasteiger partial charge in [0, 0.05) is 19.5 Å². The van der Waals surface area contributed by atoms with Gasteiger partial charge in [0.05, 0.1) is 29.6 Å². The van der Waals surface area contributed by atoms with Crippen molar-refractivity contribution in [1.82, 2.24) is 10.2 Å². The maximum absolute atomic E-state index is 14.0. The number of rotatable bonds is 12. The molecule has 42 heavy (non-hydrogen) atoms. The molecule has 0 radical (unpaired) electrons. The van der Waals surface area contributed by atoms with E-state index in [2.05, 4.69) is 5.32 Å². The van der Waals surface area contributed by atoms with Crippen LogP contribution in [0.1, 0.15) is 23.6 Å². The third kappa shape index (κ3) is 8.62. The molecule has 0 unspecified atom stereocenters. The van der Waals surface area contributed by atoms with Gasteiger partial charge in [-0.25, -0.2) is 8.42 Å². The topological polar surface area (TPSA) is 96.0 Å². The van der Waals surface area contributed by atoms with E-state index in [0.717, 1.165) is 24.0 Å². The van der Waals surface area contributed by atoms with Gasteiger partial charge >= 0.3 is 6.18 Å². The molecule has 13 heteroatoms. The van der Waals surface area contributed by atoms with Crippen LogP contribution in [-0.4, -0.2) is 57.6 Å². The van der Waals surface area contributed by atoms with Crippen LogP contribution in [0.4, 0.5) is 18.9 Å². The lowest BCUT2D eigenvalue weighted by Crippen LogP contribution is -2.53. The molecular weight excluding hydrogens is 595 g/mol. The number of sulfonamides is 1. The number of carbonyl (C=O) groups is 2. The first-order valence-corrected chi connectivity index (χ1v) is 15.1. The average molecular weight is 626 g/mol. The number of hydrogen-bond acceptors (Lipinski definition) is 5. The lowest BCUT2D eigenvalue weighted by molar-refractivity contribution is -0.140. The highest BCUT2D eigenvalue weighted by Gasteiger charge is 2.36. The number of amides is 2. The number of methoxy groups -OCH3 is 1. The van der Waals surface area contributed by atoms with Crippen molar-refractivity contribution in [3.8, 4) is 5.75 Å². The molecule has 0 bridgehead atoms. The molecule has 226 valence electrons. The molecule has 0 aliphatic rings. The normalized spacial score (nSPS) is 12.4. The minimum atomic E-state index is -4.86. The molecule has 3 rings (SSSR count). The second kappa shape index (κ2) is 13.9. The molecule has 0 spiro atoms. The van der Waals surface area contributed by atoms with Crippen molar-refractivity contribution in [3.63, 3.8) is 0 Å². The number of alkyl halides is 3. The number of anilines is 1. The fraction of sp³-hybridized carbons (Fsp3) is 0.310. The zero-order valence-electron chi connectivity index (χ0n) is 23.2. The first-order chi connectivity index (χ1) is 19.7. The lowest BCUT2D eigenvalue weighted by atomic mass is 10.0. The molecular formula is C29H31ClF3N3O5S. The molecule has 0 aliphatic carbocycles. The first-order valence-electron chi connectivity index (χ1n) is 12.8. The number of likely N-dealkylation sites (N-methyl/N-ethyl adjacent to an activating group) is 1. The minimum Gasteiger partial charge on any atom is -0.497 e. The van der Waals surface area contributed by atoms with Crippen LogP contribution in [0.5, 0.6) is 5.75 Å². The van der Waals surface area contributed by atoms with E-state index >= 15 is 0 Å². The van der Waals surface area contributed by atoms with E-state index in [1.54, 1.807) is 61.5 Å². The number of benzene rings is 3. The highest BCUT2D eigenvalue weighted by molar-refractivity contribution is 7.92. The summed E-state index contributed by atoms with van der Waals surface area (Å²) in [6.07, 6.45) is -3.99. The van der Waals surface area contributed by atoms with Crippen LogP contribution >= 0.6 is 11.6 Å². The molecule has 2 amide bonds. The van der Waals surface area contributed by atoms with Gasteiger partial charge in [0.1, 0.15) is 18.3 Å². The molecule has 0 saturated carbocycles. The van der Waals surface area contributed by atoms with Gasteiger partial charge in [-0.15, -0.1) is 0 Å². The summed E-state index contributed by atoms with van der Waals surface area (Å²) >= 11 is 5.74. The average Bonchev–Trinajstić information content (AvgIpc) is 2.93. The van der Waals surface area contributed by atoms with Gasteiger partial charge in [0.15, 0.2) is 0 Å². The molecule has 0 aromatic heterocycles. The van der Waals surface area contributed by atoms with Crippen molar-refractivity contribution in [2.24, 2.45) is 0 Å². The van der Waals surface area contributed by atoms with Crippen LogP contribution in [-0.2, 0) is 38.8 Å². The predicted molar refractivity (Wildman–Crippen MR) is 155 cm³/mol. The van der Waals surface area contributed by atoms with E-state index in [9.17, 15) is 31.2 Å². The number of hydrogen-bond donors (Lipinski definition) is 1. The van der Waals surface area contributed by atoms with Crippen molar-refractivity contribution >= 4 is 39.1 Å². The molecule has 0 fully saturated rings. The molecule has 3 aromatic rings. The molecule has 0 heterocycles. The Labute approximate surface area is 248 Å². The van der Waals surface area contributed by atoms with Gasteiger partial charge in [-0.2, -0.15) is 13.2 Å². The quantitative estimate of drug-likeness (QED) is 0.309. The Bertz CT molecular complexity index is 1500. The van der Waals surface area contributed by atoms with Gasteiger partial charge in [-0.05, 0) is 48.4 Å². The maximum Gasteiger partial charge on any atom is 0.417 e. The third-order valence-corrected chi connectivity index (χ3v) is 7.80. The van der Waals surface area contributed by atoms with Crippen molar-refractivity contribution in [2.45, 2.75) is 32.1 Å². The minimum absolute atomic E-state index is 0.0976. The van der Waals surface area contributed by atoms with Crippen molar-refractivity contribution in [2.75, 3.05) is 30.8 Å². The largest absolute Gasteiger partial charge is 0.497 e. The Morgan fingerprint density at radius 3 is 2.26 bits per heavy atom. The molecule has 1 N–H and O–H groups in total. The standard InChI is InChI=1S/C29H31ClF3N3O5S/c1-4-34-28(38)26(16-20-9-6-5-7-10-20)35(18-21-11-8-12-23(15-21)41-2)27(37)19-36(42(3,39)40)22-13-14-25(30)24(17-22)29(31,32)33/h5-15,17,26H,4,16,18-19H2,1-3H3,(H,34,38)/t26-/m0/s1. The summed E-state index contributed by atoms with van der Waals surface area (Å²) in [5.41, 5.74) is -0.326. The number of halogens is 4. The Morgan fingerprint density at radius 1 is 1.00 bits per heavy atom. The number of nitrogens with one attached hydrogen (secondary N) is 1. The fourth-order valence-electron chi connectivity index (χ4n) is 4.31. The summed E-state index contributed by atoms with van der Waals surface area (Å²) in [7, 11) is -2.79. The van der Waals surface area contributed by atoms with E-state index in [0.29, 0.717) is 21.7 Å². The van der Waals surface area contributed by atoms with E-state index in [-0.39, 0.29) is 19.5 Å². The van der Waals surface area contributed by atoms with Gasteiger partial charge < -0.3 is 15.0 Å². The van der Waals surface area contributed by atoms with E-state index in [1.165, 1.54) is 12.0 Å². The smallest absolute Gasteiger partial charge is 0.417 e. The monoisotopic (exact) mass is 625 g/mol. The summed E-state index contributed by atoms with van der Waals surface area (Å²) in [5.74, 6) is -0.788. The van der Waals surface area contributed by atoms with Crippen LogP contribution < -0.4 is 14.4 Å². The zero-order valence-corrected chi connectivity index (χ0v) is 24.8. The summed E-state index contributed by atoms with van der Waals surface area (Å²) in [5, 5.41) is 2.11. The van der Waals surface area contributed by atoms with Gasteiger partial charge in [-0.3, -0.25) is 13.9 Å². The summed E-state index contributed by atoms with van der Waals surface area (Å²) < 4.78 is 72.2. The van der Waals surface area contributed by atoms with E-state index < -0.39 is 56.9 Å². The van der Waals surface area contributed by atoms with Gasteiger partial charge in [0.25, 0.3) is 0 Å². The predicted octanol–water partition coefficient (Wildman–Crippen LogP) is 4.91. The maximum atomic E-state index is 14.0. The van der Waals surface area contributed by atoms with Crippen LogP contribution in [0.25, 0.3) is 0 Å². The molecule has 3 aromatic carbocycles. The van der Waals surface area contributed by atoms with Crippen LogP contribution in [0.15, 0.2) is 72.8 Å². The summed E-state index contributed by atoms with van der Waals surface area (Å²) in [6.45, 7) is 1.00. The van der Waals surface area contributed by atoms with Gasteiger partial charge in [0.2, 0.25) is 21.8 Å². The fourth-order valence-corrected chi connectivity index (χ4v) is 5.38. The number of ether oxygens (including phenoxy) is 1. The molecule has 0 saturated heterocycles. The van der Waals surface area contributed by atoms with Crippen molar-refractivity contribution < 1.29 is 35.9 Å². The zero-order chi connectivity index (χ0) is 31.1. The SMILES string of the molecule is CCNC(=O)[C@H](Cc1ccccc1)N(Cc1cccc(OC)c1)C(=O)CN(c1ccc(Cl)c(C(F)(F)F)c1)S(C)(=O)=O. The molecule has 0 aliphatic heterocycles. The summed E-state index contributed by atoms with van der Waals surface area (Å²) in [6, 6.07) is 17.2. The van der Waals surface area contributed by atoms with Gasteiger partial charge in [-0.1, -0.05) is 54.1 Å². The lowest BCUT2D eigenvalue weighted by Gasteiger charge is -2.33. The number of nitrogens with zero attached hydrogens (tertiary/aromatic N) is 2. The van der Waals surface area contributed by atoms with Crippen LogP contribution in [0, 0.1) is 0 Å².